The second-order valence-electron chi connectivity index (χ2n) is 1.56. The lowest BCUT2D eigenvalue weighted by molar-refractivity contribution is -0.138. The molecule has 5 N–H and O–H groups in total. The summed E-state index contributed by atoms with van der Waals surface area (Å²) < 4.78 is 14.3. The van der Waals surface area contributed by atoms with E-state index in [1.54, 1.807) is 0 Å². The number of rotatable bonds is 4. The van der Waals surface area contributed by atoms with Crippen LogP contribution in [-0.2, 0) is 4.79 Å². The Bertz CT molecular complexity index is 151. The molecule has 54 valence electrons. The second kappa shape index (κ2) is 4.29. The van der Waals surface area contributed by atoms with Crippen molar-refractivity contribution in [2.24, 2.45) is 11.5 Å². The molecule has 0 rings (SSSR count). The molecular weight excluding hydrogens is 120 g/mol. The largest absolute Gasteiger partial charge is 0.480 e. The summed E-state index contributed by atoms with van der Waals surface area (Å²) in [6.07, 6.45) is -1.96. The highest BCUT2D eigenvalue weighted by atomic mass is 16.4. The van der Waals surface area contributed by atoms with Crippen molar-refractivity contribution in [3.05, 3.63) is 0 Å². The van der Waals surface area contributed by atoms with Crippen molar-refractivity contribution >= 4 is 5.97 Å². The van der Waals surface area contributed by atoms with Gasteiger partial charge in [-0.3, -0.25) is 4.79 Å². The number of carboxylic acid groups (broad SMARTS) is 1. The molecule has 0 saturated carbocycles. The summed E-state index contributed by atoms with van der Waals surface area (Å²) in [5, 5.41) is 8.34. The van der Waals surface area contributed by atoms with Gasteiger partial charge in [-0.25, -0.2) is 0 Å². The van der Waals surface area contributed by atoms with Gasteiger partial charge in [0, 0.05) is 2.74 Å². The van der Waals surface area contributed by atoms with Gasteiger partial charge in [0.05, 0.1) is 0 Å². The molecule has 0 fully saturated rings. The standard InChI is InChI=1S/C5H12N2O2/c6-3-1-2-4(7)5(8)9/h4H,1-3,6-7H2,(H,8,9)/i2D2. The number of carboxylic acids is 1. The summed E-state index contributed by atoms with van der Waals surface area (Å²) in [6.45, 7) is 0.0913. The van der Waals surface area contributed by atoms with Crippen molar-refractivity contribution in [2.75, 3.05) is 6.54 Å². The molecule has 4 heteroatoms. The molecule has 9 heavy (non-hydrogen) atoms. The normalized spacial score (nSPS) is 18.0. The van der Waals surface area contributed by atoms with Crippen molar-refractivity contribution in [1.82, 2.24) is 0 Å². The molecule has 0 amide bonds. The Hall–Kier alpha value is -0.610. The first-order valence-electron chi connectivity index (χ1n) is 3.60. The van der Waals surface area contributed by atoms with Gasteiger partial charge in [-0.2, -0.15) is 0 Å². The van der Waals surface area contributed by atoms with Crippen LogP contribution in [0.25, 0.3) is 0 Å². The minimum Gasteiger partial charge on any atom is -0.480 e. The maximum Gasteiger partial charge on any atom is 0.320 e. The van der Waals surface area contributed by atoms with Crippen molar-refractivity contribution in [1.29, 1.82) is 0 Å². The average Bonchev–Trinajstić information content (AvgIpc) is 1.86. The summed E-state index contributed by atoms with van der Waals surface area (Å²) in [5.41, 5.74) is 10.1. The summed E-state index contributed by atoms with van der Waals surface area (Å²) in [4.78, 5) is 10.2. The maximum absolute atomic E-state index is 10.2. The van der Waals surface area contributed by atoms with Crippen molar-refractivity contribution in [3.63, 3.8) is 0 Å². The summed E-state index contributed by atoms with van der Waals surface area (Å²) in [7, 11) is 0. The van der Waals surface area contributed by atoms with Gasteiger partial charge < -0.3 is 16.6 Å². The smallest absolute Gasteiger partial charge is 0.320 e. The molecule has 1 atom stereocenters. The molecule has 1 unspecified atom stereocenters. The van der Waals surface area contributed by atoms with Gasteiger partial charge in [0.2, 0.25) is 0 Å². The molecule has 0 saturated heterocycles. The van der Waals surface area contributed by atoms with Gasteiger partial charge in [0.1, 0.15) is 6.04 Å². The Morgan fingerprint density at radius 2 is 2.44 bits per heavy atom. The summed E-state index contributed by atoms with van der Waals surface area (Å²) >= 11 is 0. The van der Waals surface area contributed by atoms with E-state index >= 15 is 0 Å². The molecule has 0 spiro atoms. The zero-order valence-electron chi connectivity index (χ0n) is 7.00. The average molecular weight is 134 g/mol. The lowest BCUT2D eigenvalue weighted by Gasteiger charge is -2.02. The quantitative estimate of drug-likeness (QED) is 0.466. The Balaban J connectivity index is 4.16. The molecule has 0 bridgehead atoms. The predicted octanol–water partition coefficient (Wildman–Crippen LogP) is -0.863. The van der Waals surface area contributed by atoms with Crippen LogP contribution in [0, 0.1) is 0 Å². The Morgan fingerprint density at radius 1 is 1.89 bits per heavy atom. The SMILES string of the molecule is [2H]C([2H])(CCN)C(N)C(=O)O. The van der Waals surface area contributed by atoms with Gasteiger partial charge in [-0.15, -0.1) is 0 Å². The number of hydrogen-bond donors (Lipinski definition) is 3. The predicted molar refractivity (Wildman–Crippen MR) is 33.9 cm³/mol. The van der Waals surface area contributed by atoms with E-state index in [4.69, 9.17) is 19.3 Å². The molecule has 0 aliphatic rings. The topological polar surface area (TPSA) is 89.3 Å². The van der Waals surface area contributed by atoms with Crippen LogP contribution >= 0.6 is 0 Å². The van der Waals surface area contributed by atoms with E-state index in [9.17, 15) is 4.79 Å². The zero-order chi connectivity index (χ0) is 9.07. The van der Waals surface area contributed by atoms with Crippen LogP contribution < -0.4 is 11.5 Å². The number of hydrogen-bond acceptors (Lipinski definition) is 3. The first-order valence-corrected chi connectivity index (χ1v) is 2.60. The maximum atomic E-state index is 10.2. The minimum atomic E-state index is -1.92. The number of nitrogens with two attached hydrogens (primary N) is 2. The minimum absolute atomic E-state index is 0.0412. The van der Waals surface area contributed by atoms with Gasteiger partial charge in [-0.1, -0.05) is 0 Å². The first-order chi connectivity index (χ1) is 4.91. The molecular formula is C5H12N2O2. The van der Waals surface area contributed by atoms with Crippen LogP contribution in [0.2, 0.25) is 0 Å². The molecule has 0 aliphatic heterocycles. The van der Waals surface area contributed by atoms with Crippen LogP contribution in [-0.4, -0.2) is 23.7 Å². The van der Waals surface area contributed by atoms with E-state index in [1.807, 2.05) is 0 Å². The lowest BCUT2D eigenvalue weighted by Crippen LogP contribution is -2.30. The van der Waals surface area contributed by atoms with Crippen LogP contribution in [0.3, 0.4) is 0 Å². The molecule has 4 nitrogen and oxygen atoms in total. The van der Waals surface area contributed by atoms with Crippen LogP contribution in [0.1, 0.15) is 15.5 Å². The third-order valence-electron chi connectivity index (χ3n) is 0.775. The summed E-state index contributed by atoms with van der Waals surface area (Å²) in [6, 6.07) is -1.49. The van der Waals surface area contributed by atoms with Crippen molar-refractivity contribution in [2.45, 2.75) is 18.8 Å². The Kier molecular flexibility index (Phi) is 2.48. The van der Waals surface area contributed by atoms with E-state index in [0.29, 0.717) is 0 Å². The van der Waals surface area contributed by atoms with E-state index < -0.39 is 18.4 Å². The molecule has 0 heterocycles. The molecule has 0 aromatic rings. The van der Waals surface area contributed by atoms with Gasteiger partial charge in [0.25, 0.3) is 0 Å². The third kappa shape index (κ3) is 3.93. The fraction of sp³-hybridized carbons (Fsp3) is 0.800. The van der Waals surface area contributed by atoms with Crippen molar-refractivity contribution < 1.29 is 12.6 Å². The second-order valence-corrected chi connectivity index (χ2v) is 1.56. The van der Waals surface area contributed by atoms with E-state index in [2.05, 4.69) is 0 Å². The number of aliphatic carboxylic acids is 1. The van der Waals surface area contributed by atoms with Gasteiger partial charge in [0.15, 0.2) is 0 Å². The van der Waals surface area contributed by atoms with Crippen LogP contribution in [0.5, 0.6) is 0 Å². The Morgan fingerprint density at radius 3 is 2.78 bits per heavy atom. The Labute approximate surface area is 56.6 Å². The zero-order valence-corrected chi connectivity index (χ0v) is 5.00. The molecule has 0 aromatic heterocycles. The molecule has 0 aliphatic carbocycles. The number of carbonyl (C=O) groups is 1. The van der Waals surface area contributed by atoms with Crippen LogP contribution in [0.15, 0.2) is 0 Å². The fourth-order valence-electron chi connectivity index (χ4n) is 0.326. The lowest BCUT2D eigenvalue weighted by atomic mass is 10.2. The highest BCUT2D eigenvalue weighted by Crippen LogP contribution is 1.91. The van der Waals surface area contributed by atoms with Gasteiger partial charge >= 0.3 is 5.97 Å². The molecule has 0 radical (unpaired) electrons. The van der Waals surface area contributed by atoms with Crippen molar-refractivity contribution in [3.8, 4) is 0 Å². The van der Waals surface area contributed by atoms with E-state index in [0.717, 1.165) is 0 Å². The van der Waals surface area contributed by atoms with E-state index in [1.165, 1.54) is 0 Å². The van der Waals surface area contributed by atoms with Gasteiger partial charge in [-0.05, 0) is 19.3 Å². The molecule has 0 aromatic carbocycles. The summed E-state index contributed by atoms with van der Waals surface area (Å²) in [5.74, 6) is -1.34. The van der Waals surface area contributed by atoms with E-state index in [-0.39, 0.29) is 13.0 Å². The fourth-order valence-corrected chi connectivity index (χ4v) is 0.326. The van der Waals surface area contributed by atoms with Crippen LogP contribution in [0.4, 0.5) is 0 Å². The first kappa shape index (κ1) is 5.20. The highest BCUT2D eigenvalue weighted by molar-refractivity contribution is 5.72. The third-order valence-corrected chi connectivity index (χ3v) is 0.775. The highest BCUT2D eigenvalue weighted by Gasteiger charge is 2.08. The monoisotopic (exact) mass is 134 g/mol.